The van der Waals surface area contributed by atoms with Gasteiger partial charge in [0.1, 0.15) is 5.76 Å². The van der Waals surface area contributed by atoms with Gasteiger partial charge < -0.3 is 15.3 Å². The van der Waals surface area contributed by atoms with Crippen LogP contribution in [-0.2, 0) is 4.79 Å². The number of aliphatic hydroxyl groups excluding tert-OH is 1. The van der Waals surface area contributed by atoms with E-state index >= 15 is 0 Å². The number of carbonyl (C=O) groups excluding carboxylic acids is 1. The Morgan fingerprint density at radius 3 is 2.06 bits per heavy atom. The van der Waals surface area contributed by atoms with Crippen LogP contribution in [0.2, 0.25) is 0 Å². The van der Waals surface area contributed by atoms with E-state index in [1.165, 1.54) is 26.0 Å². The van der Waals surface area contributed by atoms with E-state index in [2.05, 4.69) is 0 Å². The lowest BCUT2D eigenvalue weighted by atomic mass is 9.96. The van der Waals surface area contributed by atoms with E-state index in [1.54, 1.807) is 6.92 Å². The third kappa shape index (κ3) is 2.16. The maximum atomic E-state index is 11.4. The van der Waals surface area contributed by atoms with Gasteiger partial charge in [-0.15, -0.1) is 0 Å². The van der Waals surface area contributed by atoms with Gasteiger partial charge in [-0.25, -0.2) is 0 Å². The van der Waals surface area contributed by atoms with Crippen molar-refractivity contribution >= 4 is 11.4 Å². The van der Waals surface area contributed by atoms with E-state index in [0.717, 1.165) is 0 Å². The molecule has 0 aliphatic carbocycles. The van der Waals surface area contributed by atoms with Gasteiger partial charge in [0.15, 0.2) is 17.3 Å². The maximum absolute atomic E-state index is 11.4. The first kappa shape index (κ1) is 12.1. The van der Waals surface area contributed by atoms with Crippen molar-refractivity contribution in [1.82, 2.24) is 0 Å². The van der Waals surface area contributed by atoms with Gasteiger partial charge in [-0.3, -0.25) is 4.79 Å². The minimum atomic E-state index is -0.319. The molecule has 1 rings (SSSR count). The molecular formula is C12H14O4. The Bertz CT molecular complexity index is 468. The lowest BCUT2D eigenvalue weighted by Crippen LogP contribution is -2.01. The Morgan fingerprint density at radius 1 is 1.12 bits per heavy atom. The Morgan fingerprint density at radius 2 is 1.62 bits per heavy atom. The molecule has 0 unspecified atom stereocenters. The normalized spacial score (nSPS) is 12.2. The first-order valence-corrected chi connectivity index (χ1v) is 4.78. The van der Waals surface area contributed by atoms with Gasteiger partial charge >= 0.3 is 0 Å². The molecule has 0 amide bonds. The van der Waals surface area contributed by atoms with Crippen LogP contribution < -0.4 is 0 Å². The van der Waals surface area contributed by atoms with E-state index in [0.29, 0.717) is 11.1 Å². The Kier molecular flexibility index (Phi) is 3.22. The number of benzene rings is 1. The molecule has 16 heavy (non-hydrogen) atoms. The minimum absolute atomic E-state index is 0.110. The molecule has 1 aromatic rings. The summed E-state index contributed by atoms with van der Waals surface area (Å²) in [5.74, 6) is -0.978. The van der Waals surface area contributed by atoms with Crippen molar-refractivity contribution in [1.29, 1.82) is 0 Å². The fraction of sp³-hybridized carbons (Fsp3) is 0.250. The third-order valence-corrected chi connectivity index (χ3v) is 2.30. The Labute approximate surface area is 93.5 Å². The van der Waals surface area contributed by atoms with E-state index in [9.17, 15) is 20.1 Å². The molecule has 3 N–H and O–H groups in total. The van der Waals surface area contributed by atoms with E-state index in [1.807, 2.05) is 0 Å². The molecule has 0 aromatic heterocycles. The van der Waals surface area contributed by atoms with Crippen molar-refractivity contribution in [3.05, 3.63) is 29.0 Å². The number of aromatic hydroxyl groups is 2. The summed E-state index contributed by atoms with van der Waals surface area (Å²) in [6, 6.07) is 2.61. The van der Waals surface area contributed by atoms with Crippen LogP contribution in [0.5, 0.6) is 11.5 Å². The quantitative estimate of drug-likeness (QED) is 0.407. The number of Topliss-reactive ketones (excluding diaryl/α,β-unsaturated/α-hetero) is 1. The molecule has 0 atom stereocenters. The molecule has 0 bridgehead atoms. The summed E-state index contributed by atoms with van der Waals surface area (Å²) in [6.07, 6.45) is 0. The molecule has 0 heterocycles. The highest BCUT2D eigenvalue weighted by atomic mass is 16.3. The van der Waals surface area contributed by atoms with Crippen LogP contribution in [0, 0.1) is 6.92 Å². The average Bonchev–Trinajstić information content (AvgIpc) is 2.12. The number of hydrogen-bond acceptors (Lipinski definition) is 4. The topological polar surface area (TPSA) is 77.8 Å². The molecule has 0 aliphatic heterocycles. The van der Waals surface area contributed by atoms with Gasteiger partial charge in [-0.2, -0.15) is 0 Å². The Hall–Kier alpha value is -1.97. The van der Waals surface area contributed by atoms with Crippen molar-refractivity contribution < 1.29 is 20.1 Å². The van der Waals surface area contributed by atoms with Crippen LogP contribution in [0.3, 0.4) is 0 Å². The summed E-state index contributed by atoms with van der Waals surface area (Å²) < 4.78 is 0. The second-order valence-corrected chi connectivity index (χ2v) is 3.67. The first-order valence-electron chi connectivity index (χ1n) is 4.78. The molecule has 0 saturated heterocycles. The number of aryl methyl sites for hydroxylation is 1. The summed E-state index contributed by atoms with van der Waals surface area (Å²) in [7, 11) is 0. The number of carbonyl (C=O) groups is 1. The molecule has 0 saturated carbocycles. The molecule has 0 radical (unpaired) electrons. The number of phenolic OH excluding ortho intramolecular Hbond substituents is 2. The second kappa shape index (κ2) is 4.26. The van der Waals surface area contributed by atoms with E-state index in [-0.39, 0.29) is 28.6 Å². The van der Waals surface area contributed by atoms with Gasteiger partial charge in [0, 0.05) is 0 Å². The zero-order valence-electron chi connectivity index (χ0n) is 9.40. The summed E-state index contributed by atoms with van der Waals surface area (Å²) in [5.41, 5.74) is 1.17. The highest BCUT2D eigenvalue weighted by Crippen LogP contribution is 2.32. The summed E-state index contributed by atoms with van der Waals surface area (Å²) in [5, 5.41) is 28.1. The largest absolute Gasteiger partial charge is 0.512 e. The minimum Gasteiger partial charge on any atom is -0.512 e. The first-order chi connectivity index (χ1) is 7.34. The predicted molar refractivity (Wildman–Crippen MR) is 60.4 cm³/mol. The SMILES string of the molecule is CC(=O)/C(=C(\C)O)c1cc(O)c(O)cc1C. The lowest BCUT2D eigenvalue weighted by molar-refractivity contribution is -0.111. The van der Waals surface area contributed by atoms with Gasteiger partial charge in [-0.05, 0) is 44.0 Å². The van der Waals surface area contributed by atoms with Crippen LogP contribution >= 0.6 is 0 Å². The number of phenols is 2. The third-order valence-electron chi connectivity index (χ3n) is 2.30. The fourth-order valence-corrected chi connectivity index (χ4v) is 1.59. The Balaban J connectivity index is 3.49. The zero-order valence-corrected chi connectivity index (χ0v) is 9.40. The fourth-order valence-electron chi connectivity index (χ4n) is 1.59. The zero-order chi connectivity index (χ0) is 12.5. The molecular weight excluding hydrogens is 208 g/mol. The second-order valence-electron chi connectivity index (χ2n) is 3.67. The highest BCUT2D eigenvalue weighted by molar-refractivity contribution is 6.20. The summed E-state index contributed by atoms with van der Waals surface area (Å²) in [6.45, 7) is 4.42. The van der Waals surface area contributed by atoms with Crippen LogP contribution in [0.15, 0.2) is 17.9 Å². The smallest absolute Gasteiger partial charge is 0.163 e. The van der Waals surface area contributed by atoms with E-state index in [4.69, 9.17) is 0 Å². The number of allylic oxidation sites excluding steroid dienone is 2. The molecule has 0 fully saturated rings. The molecule has 1 aromatic carbocycles. The average molecular weight is 222 g/mol. The van der Waals surface area contributed by atoms with Crippen LogP contribution in [0.25, 0.3) is 5.57 Å². The van der Waals surface area contributed by atoms with Crippen molar-refractivity contribution in [3.8, 4) is 11.5 Å². The molecule has 86 valence electrons. The van der Waals surface area contributed by atoms with Gasteiger partial charge in [-0.1, -0.05) is 0 Å². The standard InChI is InChI=1S/C12H14O4/c1-6-4-10(15)11(16)5-9(6)12(7(2)13)8(3)14/h4-5,13,15-16H,1-3H3/b12-7-. The van der Waals surface area contributed by atoms with Gasteiger partial charge in [0.25, 0.3) is 0 Å². The van der Waals surface area contributed by atoms with Crippen LogP contribution in [0.4, 0.5) is 0 Å². The van der Waals surface area contributed by atoms with Crippen molar-refractivity contribution in [3.63, 3.8) is 0 Å². The lowest BCUT2D eigenvalue weighted by Gasteiger charge is -2.10. The number of hydrogen-bond donors (Lipinski definition) is 3. The van der Waals surface area contributed by atoms with Crippen LogP contribution in [0.1, 0.15) is 25.0 Å². The van der Waals surface area contributed by atoms with Crippen LogP contribution in [-0.4, -0.2) is 21.1 Å². The predicted octanol–water partition coefficient (Wildman–Crippen LogP) is 2.28. The van der Waals surface area contributed by atoms with Crippen molar-refractivity contribution in [2.24, 2.45) is 0 Å². The van der Waals surface area contributed by atoms with Crippen molar-refractivity contribution in [2.45, 2.75) is 20.8 Å². The van der Waals surface area contributed by atoms with Gasteiger partial charge in [0.2, 0.25) is 0 Å². The molecule has 4 heteroatoms. The number of ketones is 1. The molecule has 0 aliphatic rings. The highest BCUT2D eigenvalue weighted by Gasteiger charge is 2.15. The summed E-state index contributed by atoms with van der Waals surface area (Å²) >= 11 is 0. The summed E-state index contributed by atoms with van der Waals surface area (Å²) in [4.78, 5) is 11.4. The number of aliphatic hydroxyl groups is 1. The number of rotatable bonds is 2. The van der Waals surface area contributed by atoms with Gasteiger partial charge in [0.05, 0.1) is 5.57 Å². The maximum Gasteiger partial charge on any atom is 0.163 e. The van der Waals surface area contributed by atoms with Crippen molar-refractivity contribution in [2.75, 3.05) is 0 Å². The molecule has 4 nitrogen and oxygen atoms in total. The molecule has 0 spiro atoms. The monoisotopic (exact) mass is 222 g/mol. The van der Waals surface area contributed by atoms with E-state index < -0.39 is 0 Å².